The molecule has 2 aromatic carbocycles. The molecule has 0 spiro atoms. The van der Waals surface area contributed by atoms with Crippen molar-refractivity contribution in [1.82, 2.24) is 4.98 Å². The van der Waals surface area contributed by atoms with E-state index in [-0.39, 0.29) is 0 Å². The molecule has 0 unspecified atom stereocenters. The first-order valence-electron chi connectivity index (χ1n) is 9.67. The van der Waals surface area contributed by atoms with Gasteiger partial charge < -0.3 is 20.9 Å². The fraction of sp³-hybridized carbons (Fsp3) is 0.167. The van der Waals surface area contributed by atoms with Crippen molar-refractivity contribution in [2.45, 2.75) is 13.8 Å². The lowest BCUT2D eigenvalue weighted by molar-refractivity contribution is 0.100. The van der Waals surface area contributed by atoms with Crippen LogP contribution in [0.1, 0.15) is 20.8 Å². The number of amides is 1. The smallest absolute Gasteiger partial charge is 0.260 e. The number of nitrogens with two attached hydrogens (primary N) is 2. The molecule has 6 nitrogen and oxygen atoms in total. The number of hydrogen-bond acceptors (Lipinski definition) is 6. The molecule has 0 saturated carbocycles. The highest BCUT2D eigenvalue weighted by Crippen LogP contribution is 2.43. The minimum Gasteiger partial charge on any atom is -0.493 e. The van der Waals surface area contributed by atoms with Crippen LogP contribution in [0.5, 0.6) is 11.5 Å². The van der Waals surface area contributed by atoms with Crippen molar-refractivity contribution in [1.29, 1.82) is 0 Å². The van der Waals surface area contributed by atoms with Gasteiger partial charge in [-0.3, -0.25) is 4.79 Å². The van der Waals surface area contributed by atoms with Crippen LogP contribution in [-0.2, 0) is 0 Å². The average Bonchev–Trinajstić information content (AvgIpc) is 3.11. The number of fused-ring (bicyclic) bond motifs is 1. The van der Waals surface area contributed by atoms with Gasteiger partial charge in [0.05, 0.1) is 25.6 Å². The van der Waals surface area contributed by atoms with Gasteiger partial charge >= 0.3 is 0 Å². The SMILES string of the molecule is COc1ccc(-c2cc(-c3ccc(C)c(C)c3)nc3sc(C(N)=O)c(N)c23)cc1OC. The number of aromatic nitrogens is 1. The van der Waals surface area contributed by atoms with Gasteiger partial charge in [-0.05, 0) is 60.4 Å². The van der Waals surface area contributed by atoms with E-state index in [2.05, 4.69) is 26.0 Å². The standard InChI is InChI=1S/C24H23N3O3S/c1-12-5-6-15(9-13(12)2)17-11-16(14-7-8-18(29-3)19(10-14)30-4)20-21(25)22(23(26)28)31-24(20)27-17/h5-11H,25H2,1-4H3,(H2,26,28). The van der Waals surface area contributed by atoms with E-state index in [1.807, 2.05) is 30.3 Å². The Kier molecular flexibility index (Phi) is 5.29. The molecule has 7 heteroatoms. The van der Waals surface area contributed by atoms with E-state index in [4.69, 9.17) is 25.9 Å². The first-order valence-corrected chi connectivity index (χ1v) is 10.5. The van der Waals surface area contributed by atoms with Gasteiger partial charge in [0.15, 0.2) is 11.5 Å². The van der Waals surface area contributed by atoms with Crippen LogP contribution >= 0.6 is 11.3 Å². The molecule has 0 aliphatic heterocycles. The second-order valence-electron chi connectivity index (χ2n) is 7.31. The number of methoxy groups -OCH3 is 2. The summed E-state index contributed by atoms with van der Waals surface area (Å²) in [5, 5.41) is 0.707. The number of ether oxygens (including phenoxy) is 2. The van der Waals surface area contributed by atoms with Crippen LogP contribution in [0.4, 0.5) is 5.69 Å². The summed E-state index contributed by atoms with van der Waals surface area (Å²) >= 11 is 1.21. The number of benzene rings is 2. The number of rotatable bonds is 5. The lowest BCUT2D eigenvalue weighted by Gasteiger charge is -2.13. The zero-order chi connectivity index (χ0) is 22.3. The molecule has 0 aliphatic rings. The maximum atomic E-state index is 11.9. The quantitative estimate of drug-likeness (QED) is 0.464. The monoisotopic (exact) mass is 433 g/mol. The van der Waals surface area contributed by atoms with Gasteiger partial charge in [0, 0.05) is 10.9 Å². The predicted molar refractivity (Wildman–Crippen MR) is 126 cm³/mol. The van der Waals surface area contributed by atoms with Crippen LogP contribution in [0.2, 0.25) is 0 Å². The largest absolute Gasteiger partial charge is 0.493 e. The lowest BCUT2D eigenvalue weighted by Crippen LogP contribution is -2.10. The van der Waals surface area contributed by atoms with E-state index in [1.165, 1.54) is 22.5 Å². The number of carbonyl (C=O) groups is 1. The van der Waals surface area contributed by atoms with E-state index >= 15 is 0 Å². The van der Waals surface area contributed by atoms with Gasteiger partial charge in [0.25, 0.3) is 5.91 Å². The molecule has 4 rings (SSSR count). The molecule has 2 heterocycles. The number of nitrogens with zero attached hydrogens (tertiary/aromatic N) is 1. The number of aryl methyl sites for hydroxylation is 2. The summed E-state index contributed by atoms with van der Waals surface area (Å²) in [6.45, 7) is 4.14. The van der Waals surface area contributed by atoms with Crippen molar-refractivity contribution in [2.75, 3.05) is 20.0 Å². The first-order chi connectivity index (χ1) is 14.8. The number of anilines is 1. The highest BCUT2D eigenvalue weighted by molar-refractivity contribution is 7.21. The summed E-state index contributed by atoms with van der Waals surface area (Å²) in [5.74, 6) is 0.662. The van der Waals surface area contributed by atoms with Crippen LogP contribution in [0.15, 0.2) is 42.5 Å². The normalized spacial score (nSPS) is 11.0. The predicted octanol–water partition coefficient (Wildman–Crippen LogP) is 4.95. The second kappa shape index (κ2) is 7.92. The maximum absolute atomic E-state index is 11.9. The Bertz CT molecular complexity index is 1330. The average molecular weight is 434 g/mol. The molecule has 0 bridgehead atoms. The Morgan fingerprint density at radius 1 is 0.935 bits per heavy atom. The van der Waals surface area contributed by atoms with E-state index in [1.54, 1.807) is 14.2 Å². The number of pyridine rings is 1. The molecule has 0 saturated heterocycles. The summed E-state index contributed by atoms with van der Waals surface area (Å²) in [6.07, 6.45) is 0. The van der Waals surface area contributed by atoms with E-state index in [9.17, 15) is 4.79 Å². The second-order valence-corrected chi connectivity index (χ2v) is 8.31. The molecular formula is C24H23N3O3S. The van der Waals surface area contributed by atoms with E-state index in [0.29, 0.717) is 32.3 Å². The Morgan fingerprint density at radius 2 is 1.65 bits per heavy atom. The third kappa shape index (κ3) is 3.57. The van der Waals surface area contributed by atoms with Crippen molar-refractivity contribution in [3.63, 3.8) is 0 Å². The Labute approximate surface area is 184 Å². The summed E-state index contributed by atoms with van der Waals surface area (Å²) < 4.78 is 10.9. The fourth-order valence-electron chi connectivity index (χ4n) is 3.58. The van der Waals surface area contributed by atoms with Crippen LogP contribution in [-0.4, -0.2) is 25.1 Å². The van der Waals surface area contributed by atoms with Gasteiger partial charge in [0.2, 0.25) is 0 Å². The molecule has 0 radical (unpaired) electrons. The minimum absolute atomic E-state index is 0.307. The highest BCUT2D eigenvalue weighted by atomic mass is 32.1. The van der Waals surface area contributed by atoms with Crippen LogP contribution in [0.25, 0.3) is 32.6 Å². The van der Waals surface area contributed by atoms with Crippen molar-refractivity contribution in [3.8, 4) is 33.9 Å². The number of primary amides is 1. The third-order valence-electron chi connectivity index (χ3n) is 5.42. The summed E-state index contributed by atoms with van der Waals surface area (Å²) in [6, 6.07) is 13.9. The summed E-state index contributed by atoms with van der Waals surface area (Å²) in [5.41, 5.74) is 18.1. The van der Waals surface area contributed by atoms with Gasteiger partial charge in [-0.2, -0.15) is 0 Å². The van der Waals surface area contributed by atoms with E-state index in [0.717, 1.165) is 22.4 Å². The van der Waals surface area contributed by atoms with Gasteiger partial charge in [0.1, 0.15) is 9.71 Å². The molecule has 0 atom stereocenters. The highest BCUT2D eigenvalue weighted by Gasteiger charge is 2.21. The van der Waals surface area contributed by atoms with Gasteiger partial charge in [-0.25, -0.2) is 4.98 Å². The topological polar surface area (TPSA) is 100 Å². The third-order valence-corrected chi connectivity index (χ3v) is 6.53. The van der Waals surface area contributed by atoms with Crippen LogP contribution in [0, 0.1) is 13.8 Å². The van der Waals surface area contributed by atoms with Crippen molar-refractivity contribution in [3.05, 3.63) is 58.5 Å². The van der Waals surface area contributed by atoms with Crippen LogP contribution in [0.3, 0.4) is 0 Å². The summed E-state index contributed by atoms with van der Waals surface area (Å²) in [4.78, 5) is 17.7. The minimum atomic E-state index is -0.563. The number of thiophene rings is 1. The zero-order valence-corrected chi connectivity index (χ0v) is 18.6. The van der Waals surface area contributed by atoms with Crippen LogP contribution < -0.4 is 20.9 Å². The molecule has 4 aromatic rings. The molecular weight excluding hydrogens is 410 g/mol. The molecule has 1 amide bonds. The van der Waals surface area contributed by atoms with Crippen molar-refractivity contribution >= 4 is 33.1 Å². The molecule has 0 fully saturated rings. The van der Waals surface area contributed by atoms with Crippen molar-refractivity contribution < 1.29 is 14.3 Å². The zero-order valence-electron chi connectivity index (χ0n) is 17.8. The maximum Gasteiger partial charge on any atom is 0.260 e. The van der Waals surface area contributed by atoms with Gasteiger partial charge in [-0.15, -0.1) is 11.3 Å². The molecule has 0 aliphatic carbocycles. The Hall–Kier alpha value is -3.58. The number of carbonyl (C=O) groups excluding carboxylic acids is 1. The molecule has 4 N–H and O–H groups in total. The first kappa shape index (κ1) is 20.7. The van der Waals surface area contributed by atoms with Gasteiger partial charge in [-0.1, -0.05) is 18.2 Å². The summed E-state index contributed by atoms with van der Waals surface area (Å²) in [7, 11) is 3.18. The van der Waals surface area contributed by atoms with Crippen molar-refractivity contribution in [2.24, 2.45) is 5.73 Å². The molecule has 158 valence electrons. The molecule has 31 heavy (non-hydrogen) atoms. The van der Waals surface area contributed by atoms with E-state index < -0.39 is 5.91 Å². The molecule has 2 aromatic heterocycles. The lowest BCUT2D eigenvalue weighted by atomic mass is 9.98. The Balaban J connectivity index is 2.04. The fourth-order valence-corrected chi connectivity index (χ4v) is 4.56. The Morgan fingerprint density at radius 3 is 2.29 bits per heavy atom. The number of hydrogen-bond donors (Lipinski definition) is 2. The number of nitrogen functional groups attached to an aromatic ring is 1.